The summed E-state index contributed by atoms with van der Waals surface area (Å²) in [5, 5.41) is 0.560. The van der Waals surface area contributed by atoms with Crippen LogP contribution in [0.1, 0.15) is 56.3 Å². The van der Waals surface area contributed by atoms with E-state index in [1.54, 1.807) is 6.07 Å². The topological polar surface area (TPSA) is 20.3 Å². The Bertz CT molecular complexity index is 452. The van der Waals surface area contributed by atoms with E-state index < -0.39 is 0 Å². The summed E-state index contributed by atoms with van der Waals surface area (Å²) < 4.78 is 0. The van der Waals surface area contributed by atoms with E-state index in [9.17, 15) is 4.79 Å². The summed E-state index contributed by atoms with van der Waals surface area (Å²) in [6.07, 6.45) is 7.07. The number of hydrogen-bond donors (Lipinski definition) is 0. The first kappa shape index (κ1) is 15.4. The third kappa shape index (κ3) is 3.54. The summed E-state index contributed by atoms with van der Waals surface area (Å²) in [6, 6.07) is 6.34. The van der Waals surface area contributed by atoms with E-state index in [1.807, 2.05) is 12.1 Å². The first-order valence-electron chi connectivity index (χ1n) is 7.63. The van der Waals surface area contributed by atoms with Crippen LogP contribution in [0.25, 0.3) is 0 Å². The van der Waals surface area contributed by atoms with Gasteiger partial charge in [-0.15, -0.1) is 0 Å². The Morgan fingerprint density at radius 2 is 2.05 bits per heavy atom. The standard InChI is InChI=1S/C17H24ClNO/c1-13(2)10-11-19(14-6-3-4-7-14)17-9-5-8-16(18)15(17)12-20/h5,8-9,12-14H,3-4,6-7,10-11H2,1-2H3. The lowest BCUT2D eigenvalue weighted by Gasteiger charge is -2.33. The van der Waals surface area contributed by atoms with Crippen LogP contribution in [0.3, 0.4) is 0 Å². The molecule has 0 aromatic heterocycles. The Labute approximate surface area is 127 Å². The van der Waals surface area contributed by atoms with E-state index in [4.69, 9.17) is 11.6 Å². The number of nitrogens with zero attached hydrogens (tertiary/aromatic N) is 1. The smallest absolute Gasteiger partial charge is 0.153 e. The molecule has 0 atom stereocenters. The van der Waals surface area contributed by atoms with E-state index in [0.717, 1.165) is 24.9 Å². The highest BCUT2D eigenvalue weighted by Gasteiger charge is 2.25. The predicted octanol–water partition coefficient (Wildman–Crippen LogP) is 4.95. The molecule has 1 aliphatic carbocycles. The van der Waals surface area contributed by atoms with E-state index in [2.05, 4.69) is 18.7 Å². The molecule has 3 heteroatoms. The minimum atomic E-state index is 0.560. The molecule has 1 saturated carbocycles. The Balaban J connectivity index is 2.29. The number of hydrogen-bond acceptors (Lipinski definition) is 2. The van der Waals surface area contributed by atoms with E-state index in [-0.39, 0.29) is 0 Å². The highest BCUT2D eigenvalue weighted by Crippen LogP contribution is 2.33. The van der Waals surface area contributed by atoms with Crippen LogP contribution in [-0.2, 0) is 0 Å². The van der Waals surface area contributed by atoms with Gasteiger partial charge < -0.3 is 4.90 Å². The van der Waals surface area contributed by atoms with Crippen LogP contribution in [0.4, 0.5) is 5.69 Å². The zero-order chi connectivity index (χ0) is 14.5. The zero-order valence-electron chi connectivity index (χ0n) is 12.4. The minimum Gasteiger partial charge on any atom is -0.368 e. The van der Waals surface area contributed by atoms with Gasteiger partial charge >= 0.3 is 0 Å². The molecule has 0 bridgehead atoms. The fourth-order valence-corrected chi connectivity index (χ4v) is 3.22. The van der Waals surface area contributed by atoms with Crippen molar-refractivity contribution < 1.29 is 4.79 Å². The average Bonchev–Trinajstić information content (AvgIpc) is 2.93. The van der Waals surface area contributed by atoms with Crippen molar-refractivity contribution in [2.75, 3.05) is 11.4 Å². The molecule has 0 aliphatic heterocycles. The van der Waals surface area contributed by atoms with Crippen molar-refractivity contribution in [1.29, 1.82) is 0 Å². The molecule has 0 N–H and O–H groups in total. The van der Waals surface area contributed by atoms with Gasteiger partial charge in [-0.2, -0.15) is 0 Å². The maximum atomic E-state index is 11.4. The fourth-order valence-electron chi connectivity index (χ4n) is 3.01. The van der Waals surface area contributed by atoms with Crippen molar-refractivity contribution in [3.8, 4) is 0 Å². The van der Waals surface area contributed by atoms with Crippen LogP contribution in [0.15, 0.2) is 18.2 Å². The quantitative estimate of drug-likeness (QED) is 0.692. The molecule has 0 unspecified atom stereocenters. The second kappa shape index (κ2) is 7.12. The third-order valence-electron chi connectivity index (χ3n) is 4.17. The second-order valence-corrected chi connectivity index (χ2v) is 6.51. The number of carbonyl (C=O) groups excluding carboxylic acids is 1. The van der Waals surface area contributed by atoms with E-state index in [0.29, 0.717) is 22.5 Å². The molecule has 2 nitrogen and oxygen atoms in total. The van der Waals surface area contributed by atoms with Gasteiger partial charge in [-0.25, -0.2) is 0 Å². The molecule has 1 aromatic rings. The van der Waals surface area contributed by atoms with Crippen molar-refractivity contribution in [3.63, 3.8) is 0 Å². The van der Waals surface area contributed by atoms with Gasteiger partial charge in [0.15, 0.2) is 6.29 Å². The highest BCUT2D eigenvalue weighted by atomic mass is 35.5. The summed E-state index contributed by atoms with van der Waals surface area (Å²) in [4.78, 5) is 13.8. The van der Waals surface area contributed by atoms with Crippen LogP contribution in [0.2, 0.25) is 5.02 Å². The number of anilines is 1. The van der Waals surface area contributed by atoms with Crippen molar-refractivity contribution in [1.82, 2.24) is 0 Å². The molecule has 1 aromatic carbocycles. The number of aldehydes is 1. The molecule has 0 radical (unpaired) electrons. The van der Waals surface area contributed by atoms with Crippen LogP contribution < -0.4 is 4.90 Å². The van der Waals surface area contributed by atoms with Gasteiger partial charge in [0.2, 0.25) is 0 Å². The number of benzene rings is 1. The molecule has 1 fully saturated rings. The normalized spacial score (nSPS) is 15.8. The van der Waals surface area contributed by atoms with E-state index >= 15 is 0 Å². The molecule has 0 saturated heterocycles. The van der Waals surface area contributed by atoms with Gasteiger partial charge in [0, 0.05) is 18.3 Å². The lowest BCUT2D eigenvalue weighted by Crippen LogP contribution is -2.35. The van der Waals surface area contributed by atoms with Gasteiger partial charge in [-0.1, -0.05) is 44.4 Å². The van der Waals surface area contributed by atoms with Crippen LogP contribution in [0.5, 0.6) is 0 Å². The maximum absolute atomic E-state index is 11.4. The van der Waals surface area contributed by atoms with Crippen molar-refractivity contribution in [2.24, 2.45) is 5.92 Å². The fraction of sp³-hybridized carbons (Fsp3) is 0.588. The van der Waals surface area contributed by atoms with Gasteiger partial charge in [-0.3, -0.25) is 4.79 Å². The SMILES string of the molecule is CC(C)CCN(c1cccc(Cl)c1C=O)C1CCCC1. The summed E-state index contributed by atoms with van der Waals surface area (Å²) in [5.74, 6) is 0.665. The van der Waals surface area contributed by atoms with Gasteiger partial charge in [-0.05, 0) is 37.3 Å². The van der Waals surface area contributed by atoms with Crippen molar-refractivity contribution >= 4 is 23.6 Å². The Morgan fingerprint density at radius 1 is 1.35 bits per heavy atom. The van der Waals surface area contributed by atoms with Crippen LogP contribution in [-0.4, -0.2) is 18.9 Å². The summed E-state index contributed by atoms with van der Waals surface area (Å²) in [5.41, 5.74) is 1.66. The first-order chi connectivity index (χ1) is 9.63. The summed E-state index contributed by atoms with van der Waals surface area (Å²) in [7, 11) is 0. The average molecular weight is 294 g/mol. The Hall–Kier alpha value is -1.02. The molecule has 0 amide bonds. The summed E-state index contributed by atoms with van der Waals surface area (Å²) in [6.45, 7) is 5.49. The maximum Gasteiger partial charge on any atom is 0.153 e. The molecule has 2 rings (SSSR count). The zero-order valence-corrected chi connectivity index (χ0v) is 13.2. The van der Waals surface area contributed by atoms with Crippen LogP contribution >= 0.6 is 11.6 Å². The van der Waals surface area contributed by atoms with Crippen molar-refractivity contribution in [3.05, 3.63) is 28.8 Å². The molecule has 0 heterocycles. The Morgan fingerprint density at radius 3 is 2.65 bits per heavy atom. The number of carbonyl (C=O) groups is 1. The Kier molecular flexibility index (Phi) is 5.47. The molecular formula is C17H24ClNO. The van der Waals surface area contributed by atoms with Gasteiger partial charge in [0.1, 0.15) is 0 Å². The third-order valence-corrected chi connectivity index (χ3v) is 4.50. The molecule has 110 valence electrons. The monoisotopic (exact) mass is 293 g/mol. The largest absolute Gasteiger partial charge is 0.368 e. The lowest BCUT2D eigenvalue weighted by molar-refractivity contribution is 0.112. The summed E-state index contributed by atoms with van der Waals surface area (Å²) >= 11 is 6.19. The predicted molar refractivity (Wildman–Crippen MR) is 85.9 cm³/mol. The lowest BCUT2D eigenvalue weighted by atomic mass is 10.1. The molecular weight excluding hydrogens is 270 g/mol. The number of rotatable bonds is 6. The minimum absolute atomic E-state index is 0.560. The molecule has 1 aliphatic rings. The van der Waals surface area contributed by atoms with E-state index in [1.165, 1.54) is 25.7 Å². The molecule has 0 spiro atoms. The van der Waals surface area contributed by atoms with Crippen molar-refractivity contribution in [2.45, 2.75) is 52.0 Å². The van der Waals surface area contributed by atoms with Gasteiger partial charge in [0.05, 0.1) is 10.6 Å². The van der Waals surface area contributed by atoms with Crippen LogP contribution in [0, 0.1) is 5.92 Å². The molecule has 20 heavy (non-hydrogen) atoms. The van der Waals surface area contributed by atoms with Gasteiger partial charge in [0.25, 0.3) is 0 Å². The number of halogens is 1. The highest BCUT2D eigenvalue weighted by molar-refractivity contribution is 6.33. The first-order valence-corrected chi connectivity index (χ1v) is 8.01. The second-order valence-electron chi connectivity index (χ2n) is 6.10.